The van der Waals surface area contributed by atoms with Gasteiger partial charge in [0.25, 0.3) is 0 Å². The molecule has 0 amide bonds. The number of benzene rings is 1. The Kier molecular flexibility index (Phi) is 2.59. The Hall–Kier alpha value is -1.77. The van der Waals surface area contributed by atoms with Crippen molar-refractivity contribution in [1.29, 1.82) is 0 Å². The number of ether oxygens (including phenoxy) is 1. The van der Waals surface area contributed by atoms with Crippen molar-refractivity contribution >= 4 is 16.5 Å². The minimum atomic E-state index is 0.723. The third-order valence-corrected chi connectivity index (χ3v) is 3.30. The van der Waals surface area contributed by atoms with Gasteiger partial charge in [-0.05, 0) is 30.5 Å². The Bertz CT molecular complexity index is 535. The summed E-state index contributed by atoms with van der Waals surface area (Å²) in [7, 11) is 0. The fourth-order valence-corrected chi connectivity index (χ4v) is 2.04. The number of pyridine rings is 1. The first-order valence-electron chi connectivity index (χ1n) is 6.09. The number of nitrogens with zero attached hydrogens (tertiary/aromatic N) is 1. The third kappa shape index (κ3) is 2.18. The maximum absolute atomic E-state index is 6.10. The largest absolute Gasteiger partial charge is 0.491 e. The Morgan fingerprint density at radius 1 is 1.29 bits per heavy atom. The molecule has 0 saturated heterocycles. The van der Waals surface area contributed by atoms with E-state index >= 15 is 0 Å². The van der Waals surface area contributed by atoms with E-state index in [9.17, 15) is 0 Å². The van der Waals surface area contributed by atoms with Crippen LogP contribution in [0, 0.1) is 5.92 Å². The van der Waals surface area contributed by atoms with Gasteiger partial charge in [-0.3, -0.25) is 4.98 Å². The molecular weight excluding hydrogens is 212 g/mol. The van der Waals surface area contributed by atoms with E-state index in [1.54, 1.807) is 6.20 Å². The molecule has 3 nitrogen and oxygen atoms in total. The van der Waals surface area contributed by atoms with Crippen LogP contribution in [-0.4, -0.2) is 11.6 Å². The fraction of sp³-hybridized carbons (Fsp3) is 0.357. The highest BCUT2D eigenvalue weighted by Crippen LogP contribution is 2.34. The highest BCUT2D eigenvalue weighted by Gasteiger charge is 2.20. The quantitative estimate of drug-likeness (QED) is 0.818. The molecule has 2 aromatic rings. The zero-order valence-electron chi connectivity index (χ0n) is 9.73. The van der Waals surface area contributed by atoms with Gasteiger partial charge in [0.05, 0.1) is 12.3 Å². The van der Waals surface area contributed by atoms with Crippen molar-refractivity contribution in [2.24, 2.45) is 5.92 Å². The summed E-state index contributed by atoms with van der Waals surface area (Å²) >= 11 is 0. The summed E-state index contributed by atoms with van der Waals surface area (Å²) in [5, 5.41) is 2.07. The number of hydrogen-bond acceptors (Lipinski definition) is 3. The second-order valence-corrected chi connectivity index (χ2v) is 4.65. The minimum absolute atomic E-state index is 0.723. The van der Waals surface area contributed by atoms with Crippen molar-refractivity contribution in [2.75, 3.05) is 12.3 Å². The Balaban J connectivity index is 1.80. The van der Waals surface area contributed by atoms with Gasteiger partial charge in [-0.25, -0.2) is 0 Å². The van der Waals surface area contributed by atoms with E-state index in [0.29, 0.717) is 0 Å². The van der Waals surface area contributed by atoms with Crippen LogP contribution in [0.4, 0.5) is 5.69 Å². The van der Waals surface area contributed by atoms with Crippen molar-refractivity contribution in [3.63, 3.8) is 0 Å². The van der Waals surface area contributed by atoms with Gasteiger partial charge < -0.3 is 10.5 Å². The van der Waals surface area contributed by atoms with E-state index in [1.807, 2.05) is 24.4 Å². The lowest BCUT2D eigenvalue weighted by Gasteiger charge is -2.10. The molecule has 1 fully saturated rings. The summed E-state index contributed by atoms with van der Waals surface area (Å²) in [5.41, 5.74) is 6.82. The number of nitrogens with two attached hydrogens (primary N) is 1. The van der Waals surface area contributed by atoms with Crippen LogP contribution in [0.2, 0.25) is 0 Å². The van der Waals surface area contributed by atoms with Crippen molar-refractivity contribution in [1.82, 2.24) is 4.98 Å². The van der Waals surface area contributed by atoms with Crippen LogP contribution in [0.25, 0.3) is 10.8 Å². The normalized spacial score (nSPS) is 15.1. The van der Waals surface area contributed by atoms with Gasteiger partial charge in [-0.1, -0.05) is 12.8 Å². The van der Waals surface area contributed by atoms with Crippen LogP contribution >= 0.6 is 0 Å². The first-order chi connectivity index (χ1) is 8.34. The monoisotopic (exact) mass is 228 g/mol. The van der Waals surface area contributed by atoms with Crippen molar-refractivity contribution in [2.45, 2.75) is 19.3 Å². The van der Waals surface area contributed by atoms with Crippen molar-refractivity contribution in [3.05, 3.63) is 30.6 Å². The van der Waals surface area contributed by atoms with Crippen LogP contribution in [0.1, 0.15) is 19.3 Å². The van der Waals surface area contributed by atoms with Gasteiger partial charge in [0.1, 0.15) is 5.75 Å². The van der Waals surface area contributed by atoms with Crippen LogP contribution in [0.5, 0.6) is 5.75 Å². The Labute approximate surface area is 101 Å². The van der Waals surface area contributed by atoms with E-state index in [1.165, 1.54) is 12.8 Å². The van der Waals surface area contributed by atoms with Gasteiger partial charge in [0, 0.05) is 23.2 Å². The summed E-state index contributed by atoms with van der Waals surface area (Å²) in [6, 6.07) is 5.87. The molecule has 2 N–H and O–H groups in total. The lowest BCUT2D eigenvalue weighted by atomic mass is 10.1. The summed E-state index contributed by atoms with van der Waals surface area (Å²) in [6.45, 7) is 0.769. The summed E-state index contributed by atoms with van der Waals surface area (Å²) in [4.78, 5) is 4.08. The van der Waals surface area contributed by atoms with Crippen LogP contribution in [0.15, 0.2) is 30.6 Å². The SMILES string of the molecule is Nc1c(OCCC2CC2)ccc2cnccc12. The second-order valence-electron chi connectivity index (χ2n) is 4.65. The van der Waals surface area contributed by atoms with Crippen LogP contribution < -0.4 is 10.5 Å². The minimum Gasteiger partial charge on any atom is -0.491 e. The van der Waals surface area contributed by atoms with Crippen molar-refractivity contribution < 1.29 is 4.74 Å². The third-order valence-electron chi connectivity index (χ3n) is 3.30. The molecule has 0 radical (unpaired) electrons. The molecule has 0 spiro atoms. The highest BCUT2D eigenvalue weighted by molar-refractivity contribution is 5.95. The molecule has 0 bridgehead atoms. The molecule has 1 aromatic carbocycles. The Morgan fingerprint density at radius 3 is 3.00 bits per heavy atom. The zero-order chi connectivity index (χ0) is 11.7. The molecule has 17 heavy (non-hydrogen) atoms. The molecule has 3 heteroatoms. The second kappa shape index (κ2) is 4.24. The van der Waals surface area contributed by atoms with Gasteiger partial charge in [-0.15, -0.1) is 0 Å². The number of nitrogen functional groups attached to an aromatic ring is 1. The predicted octanol–water partition coefficient (Wildman–Crippen LogP) is 3.00. The summed E-state index contributed by atoms with van der Waals surface area (Å²) < 4.78 is 5.75. The first-order valence-corrected chi connectivity index (χ1v) is 6.09. The molecule has 1 saturated carbocycles. The van der Waals surface area contributed by atoms with Gasteiger partial charge in [-0.2, -0.15) is 0 Å². The van der Waals surface area contributed by atoms with Gasteiger partial charge in [0.15, 0.2) is 0 Å². The molecule has 0 atom stereocenters. The Morgan fingerprint density at radius 2 is 2.18 bits per heavy atom. The molecule has 0 unspecified atom stereocenters. The van der Waals surface area contributed by atoms with E-state index in [4.69, 9.17) is 10.5 Å². The van der Waals surface area contributed by atoms with E-state index in [2.05, 4.69) is 4.98 Å². The molecular formula is C14H16N2O. The lowest BCUT2D eigenvalue weighted by molar-refractivity contribution is 0.304. The topological polar surface area (TPSA) is 48.1 Å². The number of anilines is 1. The van der Waals surface area contributed by atoms with E-state index in [0.717, 1.165) is 41.2 Å². The molecule has 1 heterocycles. The summed E-state index contributed by atoms with van der Waals surface area (Å²) in [5.74, 6) is 1.69. The fourth-order valence-electron chi connectivity index (χ4n) is 2.04. The standard InChI is InChI=1S/C14H16N2O/c15-14-12-5-7-16-9-11(12)3-4-13(14)17-8-6-10-1-2-10/h3-5,7,9-10H,1-2,6,8,15H2. The molecule has 0 aliphatic heterocycles. The maximum atomic E-state index is 6.10. The molecule has 1 aliphatic carbocycles. The molecule has 1 aromatic heterocycles. The maximum Gasteiger partial charge on any atom is 0.142 e. The average Bonchev–Trinajstić information content (AvgIpc) is 3.17. The molecule has 1 aliphatic rings. The van der Waals surface area contributed by atoms with E-state index in [-0.39, 0.29) is 0 Å². The highest BCUT2D eigenvalue weighted by atomic mass is 16.5. The van der Waals surface area contributed by atoms with E-state index < -0.39 is 0 Å². The van der Waals surface area contributed by atoms with Crippen molar-refractivity contribution in [3.8, 4) is 5.75 Å². The number of fused-ring (bicyclic) bond motifs is 1. The smallest absolute Gasteiger partial charge is 0.142 e. The number of aromatic nitrogens is 1. The predicted molar refractivity (Wildman–Crippen MR) is 69.0 cm³/mol. The van der Waals surface area contributed by atoms with Gasteiger partial charge in [0.2, 0.25) is 0 Å². The average molecular weight is 228 g/mol. The molecule has 88 valence electrons. The van der Waals surface area contributed by atoms with Crippen LogP contribution in [0.3, 0.4) is 0 Å². The lowest BCUT2D eigenvalue weighted by Crippen LogP contribution is -2.01. The van der Waals surface area contributed by atoms with Crippen LogP contribution in [-0.2, 0) is 0 Å². The molecule has 3 rings (SSSR count). The number of rotatable bonds is 4. The van der Waals surface area contributed by atoms with Gasteiger partial charge >= 0.3 is 0 Å². The number of hydrogen-bond donors (Lipinski definition) is 1. The zero-order valence-corrected chi connectivity index (χ0v) is 9.73. The summed E-state index contributed by atoms with van der Waals surface area (Å²) in [6.07, 6.45) is 7.45. The first kappa shape index (κ1) is 10.4.